The summed E-state index contributed by atoms with van der Waals surface area (Å²) in [5.41, 5.74) is 0.318. The van der Waals surface area contributed by atoms with Gasteiger partial charge in [0.1, 0.15) is 40.2 Å². The van der Waals surface area contributed by atoms with Gasteiger partial charge in [-0.3, -0.25) is 0 Å². The van der Waals surface area contributed by atoms with Gasteiger partial charge in [0.2, 0.25) is 0 Å². The standard InChI is InChI=1S/C20H16O6/c1-20(19-15(24)6-12(23)7-16(19)25)13-4-2-10(21)8-17(13)26-18-9-11(22)3-5-14(18)20/h2-9,21-25H,1H3. The molecular formula is C20H16O6. The Bertz CT molecular complexity index is 966. The molecule has 0 saturated heterocycles. The van der Waals surface area contributed by atoms with Crippen molar-refractivity contribution in [3.05, 3.63) is 65.2 Å². The summed E-state index contributed by atoms with van der Waals surface area (Å²) in [6, 6.07) is 11.4. The molecule has 3 aromatic carbocycles. The fourth-order valence-electron chi connectivity index (χ4n) is 3.66. The summed E-state index contributed by atoms with van der Waals surface area (Å²) >= 11 is 0. The highest BCUT2D eigenvalue weighted by molar-refractivity contribution is 5.69. The van der Waals surface area contributed by atoms with Crippen LogP contribution in [0.2, 0.25) is 0 Å². The zero-order valence-corrected chi connectivity index (χ0v) is 13.8. The van der Waals surface area contributed by atoms with Gasteiger partial charge in [-0.25, -0.2) is 0 Å². The third-order valence-electron chi connectivity index (χ3n) is 4.81. The van der Waals surface area contributed by atoms with E-state index in [-0.39, 0.29) is 34.3 Å². The molecule has 3 aromatic rings. The topological polar surface area (TPSA) is 110 Å². The van der Waals surface area contributed by atoms with E-state index in [2.05, 4.69) is 0 Å². The molecule has 0 fully saturated rings. The maximum Gasteiger partial charge on any atom is 0.135 e. The molecule has 0 bridgehead atoms. The van der Waals surface area contributed by atoms with Crippen LogP contribution in [0, 0.1) is 0 Å². The Hall–Kier alpha value is -3.54. The molecule has 1 heterocycles. The summed E-state index contributed by atoms with van der Waals surface area (Å²) in [7, 11) is 0. The summed E-state index contributed by atoms with van der Waals surface area (Å²) in [5, 5.41) is 50.3. The van der Waals surface area contributed by atoms with Gasteiger partial charge in [-0.15, -0.1) is 0 Å². The number of hydrogen-bond donors (Lipinski definition) is 5. The molecule has 0 aromatic heterocycles. The lowest BCUT2D eigenvalue weighted by Crippen LogP contribution is -2.29. The molecule has 0 unspecified atom stereocenters. The van der Waals surface area contributed by atoms with Crippen molar-refractivity contribution in [2.45, 2.75) is 12.3 Å². The summed E-state index contributed by atoms with van der Waals surface area (Å²) in [4.78, 5) is 0. The van der Waals surface area contributed by atoms with Crippen molar-refractivity contribution in [2.75, 3.05) is 0 Å². The van der Waals surface area contributed by atoms with Crippen LogP contribution in [0.3, 0.4) is 0 Å². The molecule has 1 aliphatic heterocycles. The van der Waals surface area contributed by atoms with Crippen molar-refractivity contribution >= 4 is 0 Å². The van der Waals surface area contributed by atoms with Crippen LogP contribution in [0.15, 0.2) is 48.5 Å². The lowest BCUT2D eigenvalue weighted by Gasteiger charge is -2.38. The van der Waals surface area contributed by atoms with Crippen LogP contribution < -0.4 is 4.74 Å². The summed E-state index contributed by atoms with van der Waals surface area (Å²) in [5.74, 6) is -0.191. The first-order valence-corrected chi connectivity index (χ1v) is 7.91. The van der Waals surface area contributed by atoms with Crippen LogP contribution in [-0.2, 0) is 5.41 Å². The van der Waals surface area contributed by atoms with E-state index in [4.69, 9.17) is 4.74 Å². The van der Waals surface area contributed by atoms with Gasteiger partial charge in [0.05, 0.1) is 11.0 Å². The number of ether oxygens (including phenoxy) is 1. The van der Waals surface area contributed by atoms with E-state index in [1.165, 1.54) is 24.3 Å². The fraction of sp³-hybridized carbons (Fsp3) is 0.100. The van der Waals surface area contributed by atoms with Crippen LogP contribution >= 0.6 is 0 Å². The Balaban J connectivity index is 2.11. The number of phenols is 5. The minimum Gasteiger partial charge on any atom is -0.508 e. The van der Waals surface area contributed by atoms with Gasteiger partial charge in [0.15, 0.2) is 0 Å². The Morgan fingerprint density at radius 2 is 1.12 bits per heavy atom. The van der Waals surface area contributed by atoms with Crippen LogP contribution in [0.25, 0.3) is 0 Å². The number of hydrogen-bond acceptors (Lipinski definition) is 6. The smallest absolute Gasteiger partial charge is 0.135 e. The summed E-state index contributed by atoms with van der Waals surface area (Å²) in [6.07, 6.45) is 0. The molecule has 1 aliphatic rings. The Morgan fingerprint density at radius 3 is 1.58 bits per heavy atom. The lowest BCUT2D eigenvalue weighted by molar-refractivity contribution is 0.384. The van der Waals surface area contributed by atoms with Gasteiger partial charge in [0.25, 0.3) is 0 Å². The number of phenolic OH excluding ortho intramolecular Hbond substituents is 5. The van der Waals surface area contributed by atoms with Gasteiger partial charge in [-0.2, -0.15) is 0 Å². The van der Waals surface area contributed by atoms with Crippen LogP contribution in [-0.4, -0.2) is 25.5 Å². The number of benzene rings is 3. The maximum atomic E-state index is 10.5. The highest BCUT2D eigenvalue weighted by Crippen LogP contribution is 2.56. The monoisotopic (exact) mass is 352 g/mol. The van der Waals surface area contributed by atoms with E-state index in [0.717, 1.165) is 12.1 Å². The second kappa shape index (κ2) is 5.23. The zero-order valence-electron chi connectivity index (χ0n) is 13.8. The molecule has 5 N–H and O–H groups in total. The number of rotatable bonds is 1. The average Bonchev–Trinajstić information content (AvgIpc) is 2.53. The van der Waals surface area contributed by atoms with Gasteiger partial charge in [0, 0.05) is 35.4 Å². The highest BCUT2D eigenvalue weighted by Gasteiger charge is 2.43. The van der Waals surface area contributed by atoms with E-state index in [9.17, 15) is 25.5 Å². The lowest BCUT2D eigenvalue weighted by atomic mass is 9.68. The van der Waals surface area contributed by atoms with Crippen molar-refractivity contribution in [1.29, 1.82) is 0 Å². The molecule has 6 heteroatoms. The quantitative estimate of drug-likeness (QED) is 0.457. The third kappa shape index (κ3) is 2.12. The van der Waals surface area contributed by atoms with E-state index in [0.29, 0.717) is 22.6 Å². The molecule has 26 heavy (non-hydrogen) atoms. The summed E-state index contributed by atoms with van der Waals surface area (Å²) < 4.78 is 5.83. The second-order valence-corrected chi connectivity index (χ2v) is 6.45. The first kappa shape index (κ1) is 16.0. The predicted octanol–water partition coefficient (Wildman–Crippen LogP) is 3.67. The van der Waals surface area contributed by atoms with Gasteiger partial charge < -0.3 is 30.3 Å². The Morgan fingerprint density at radius 1 is 0.654 bits per heavy atom. The van der Waals surface area contributed by atoms with Crippen molar-refractivity contribution in [1.82, 2.24) is 0 Å². The van der Waals surface area contributed by atoms with Gasteiger partial charge in [-0.1, -0.05) is 12.1 Å². The number of fused-ring (bicyclic) bond motifs is 2. The van der Waals surface area contributed by atoms with E-state index in [1.54, 1.807) is 19.1 Å². The first-order chi connectivity index (χ1) is 12.3. The van der Waals surface area contributed by atoms with Crippen molar-refractivity contribution in [3.8, 4) is 40.2 Å². The SMILES string of the molecule is CC1(c2c(O)cc(O)cc2O)c2ccc(O)cc2Oc2cc(O)ccc21. The minimum atomic E-state index is -1.06. The van der Waals surface area contributed by atoms with Crippen LogP contribution in [0.1, 0.15) is 23.6 Å². The van der Waals surface area contributed by atoms with Crippen molar-refractivity contribution in [3.63, 3.8) is 0 Å². The molecule has 0 spiro atoms. The zero-order chi connectivity index (χ0) is 18.6. The fourth-order valence-corrected chi connectivity index (χ4v) is 3.66. The molecular weight excluding hydrogens is 336 g/mol. The first-order valence-electron chi connectivity index (χ1n) is 7.91. The van der Waals surface area contributed by atoms with Crippen LogP contribution in [0.4, 0.5) is 0 Å². The van der Waals surface area contributed by atoms with Gasteiger partial charge >= 0.3 is 0 Å². The van der Waals surface area contributed by atoms with E-state index >= 15 is 0 Å². The van der Waals surface area contributed by atoms with Crippen molar-refractivity contribution in [2.24, 2.45) is 0 Å². The van der Waals surface area contributed by atoms with E-state index in [1.807, 2.05) is 0 Å². The molecule has 0 amide bonds. The van der Waals surface area contributed by atoms with E-state index < -0.39 is 5.41 Å². The van der Waals surface area contributed by atoms with Crippen LogP contribution in [0.5, 0.6) is 40.2 Å². The average molecular weight is 352 g/mol. The molecule has 4 rings (SSSR count). The number of aromatic hydroxyl groups is 5. The molecule has 0 saturated carbocycles. The molecule has 6 nitrogen and oxygen atoms in total. The minimum absolute atomic E-state index is 0.00569. The predicted molar refractivity (Wildman–Crippen MR) is 93.3 cm³/mol. The maximum absolute atomic E-state index is 10.5. The van der Waals surface area contributed by atoms with Crippen molar-refractivity contribution < 1.29 is 30.3 Å². The second-order valence-electron chi connectivity index (χ2n) is 6.45. The molecule has 0 aliphatic carbocycles. The molecule has 0 atom stereocenters. The summed E-state index contributed by atoms with van der Waals surface area (Å²) in [6.45, 7) is 1.78. The Labute approximate surface area is 148 Å². The largest absolute Gasteiger partial charge is 0.508 e. The third-order valence-corrected chi connectivity index (χ3v) is 4.81. The normalized spacial score (nSPS) is 14.2. The Kier molecular flexibility index (Phi) is 3.21. The van der Waals surface area contributed by atoms with Gasteiger partial charge in [-0.05, 0) is 19.1 Å². The highest BCUT2D eigenvalue weighted by atomic mass is 16.5. The molecule has 132 valence electrons. The molecule has 0 radical (unpaired) electrons.